The number of hydrogen-bond acceptors (Lipinski definition) is 2. The molecule has 0 aromatic rings. The van der Waals surface area contributed by atoms with Gasteiger partial charge in [0, 0.05) is 6.08 Å². The van der Waals surface area contributed by atoms with Crippen LogP contribution in [-0.2, 0) is 4.79 Å². The van der Waals surface area contributed by atoms with Gasteiger partial charge in [-0.15, -0.1) is 0 Å². The second kappa shape index (κ2) is 6.45. The predicted octanol–water partition coefficient (Wildman–Crippen LogP) is 1.56. The molecule has 0 aliphatic rings. The van der Waals surface area contributed by atoms with Crippen LogP contribution in [0.3, 0.4) is 0 Å². The van der Waals surface area contributed by atoms with E-state index in [9.17, 15) is 4.79 Å². The lowest BCUT2D eigenvalue weighted by atomic mass is 10.7. The molecule has 0 spiro atoms. The van der Waals surface area contributed by atoms with Crippen LogP contribution in [0.25, 0.3) is 0 Å². The summed E-state index contributed by atoms with van der Waals surface area (Å²) in [6.07, 6.45) is 2.77. The van der Waals surface area contributed by atoms with Crippen molar-refractivity contribution in [3.05, 3.63) is 11.2 Å². The maximum atomic E-state index is 9.75. The largest absolute Gasteiger partial charge is 0.298 e. The van der Waals surface area contributed by atoms with E-state index >= 15 is 0 Å². The number of aldehydes is 1. The molecule has 0 fully saturated rings. The molecule has 0 rings (SSSR count). The lowest BCUT2D eigenvalue weighted by molar-refractivity contribution is -0.104. The third-order valence-electron chi connectivity index (χ3n) is 0.510. The Morgan fingerprint density at radius 3 is 2.70 bits per heavy atom. The minimum Gasteiger partial charge on any atom is -0.298 e. The fourth-order valence-corrected chi connectivity index (χ4v) is 0.358. The van der Waals surface area contributed by atoms with Gasteiger partial charge < -0.3 is 0 Å². The number of halogens is 2. The van der Waals surface area contributed by atoms with Crippen LogP contribution < -0.4 is 0 Å². The number of allylic oxidation sites excluding steroid dienone is 1. The Hall–Kier alpha value is -0.670. The molecular weight excluding hydrogens is 175 g/mol. The van der Waals surface area contributed by atoms with E-state index in [4.69, 9.17) is 23.2 Å². The Kier molecular flexibility index (Phi) is 6.02. The molecule has 3 nitrogen and oxygen atoms in total. The van der Waals surface area contributed by atoms with E-state index in [0.717, 1.165) is 18.1 Å². The summed E-state index contributed by atoms with van der Waals surface area (Å²) in [6.45, 7) is 0. The molecule has 0 amide bonds. The first-order valence-electron chi connectivity index (χ1n) is 2.26. The SMILES string of the molecule is O=C/C=C(Cl)/N=C\N=CCl. The summed E-state index contributed by atoms with van der Waals surface area (Å²) in [4.78, 5) is 16.6. The van der Waals surface area contributed by atoms with Gasteiger partial charge in [-0.25, -0.2) is 9.98 Å². The molecule has 0 bridgehead atoms. The number of carbonyl (C=O) groups excluding carboxylic acids is 1. The molecule has 0 saturated heterocycles. The maximum Gasteiger partial charge on any atom is 0.145 e. The summed E-state index contributed by atoms with van der Waals surface area (Å²) in [5, 5.41) is 0.0669. The van der Waals surface area contributed by atoms with Crippen molar-refractivity contribution in [1.82, 2.24) is 0 Å². The molecule has 0 aromatic heterocycles. The quantitative estimate of drug-likeness (QED) is 0.213. The van der Waals surface area contributed by atoms with Gasteiger partial charge >= 0.3 is 0 Å². The van der Waals surface area contributed by atoms with Crippen LogP contribution in [-0.4, -0.2) is 18.3 Å². The standard InChI is InChI=1S/C5H4Cl2N2O/c6-3-8-4-9-5(7)1-2-10/h1-4H/b5-1+,8-3?,9-4-. The molecular formula is C5H4Cl2N2O. The van der Waals surface area contributed by atoms with Gasteiger partial charge in [0.2, 0.25) is 0 Å². The number of hydrogen-bond donors (Lipinski definition) is 0. The summed E-state index contributed by atoms with van der Waals surface area (Å²) in [6, 6.07) is 0. The molecule has 5 heteroatoms. The third-order valence-corrected chi connectivity index (χ3v) is 0.846. The highest BCUT2D eigenvalue weighted by molar-refractivity contribution is 6.56. The van der Waals surface area contributed by atoms with Crippen molar-refractivity contribution >= 4 is 41.5 Å². The summed E-state index contributed by atoms with van der Waals surface area (Å²) in [7, 11) is 0. The van der Waals surface area contributed by atoms with E-state index in [1.807, 2.05) is 0 Å². The fourth-order valence-electron chi connectivity index (χ4n) is 0.213. The van der Waals surface area contributed by atoms with Crippen LogP contribution in [0.5, 0.6) is 0 Å². The molecule has 10 heavy (non-hydrogen) atoms. The average Bonchev–Trinajstić information content (AvgIpc) is 1.89. The van der Waals surface area contributed by atoms with E-state index in [0.29, 0.717) is 6.29 Å². The Bertz CT molecular complexity index is 186. The number of nitrogens with zero attached hydrogens (tertiary/aromatic N) is 2. The summed E-state index contributed by atoms with van der Waals surface area (Å²) in [5.41, 5.74) is 1.04. The van der Waals surface area contributed by atoms with Crippen molar-refractivity contribution in [2.24, 2.45) is 9.98 Å². The summed E-state index contributed by atoms with van der Waals surface area (Å²) >= 11 is 10.4. The lowest BCUT2D eigenvalue weighted by Gasteiger charge is -1.79. The Morgan fingerprint density at radius 1 is 1.50 bits per heavy atom. The zero-order chi connectivity index (χ0) is 7.82. The number of rotatable bonds is 3. The smallest absolute Gasteiger partial charge is 0.145 e. The minimum absolute atomic E-state index is 0.0669. The Balaban J connectivity index is 3.88. The molecule has 0 unspecified atom stereocenters. The molecule has 0 radical (unpaired) electrons. The van der Waals surface area contributed by atoms with E-state index < -0.39 is 0 Å². The van der Waals surface area contributed by atoms with E-state index in [1.165, 1.54) is 0 Å². The zero-order valence-electron chi connectivity index (χ0n) is 4.87. The molecule has 0 aromatic carbocycles. The molecule has 54 valence electrons. The van der Waals surface area contributed by atoms with Gasteiger partial charge in [0.25, 0.3) is 0 Å². The van der Waals surface area contributed by atoms with Crippen molar-refractivity contribution in [3.63, 3.8) is 0 Å². The number of aliphatic imine (C=N–C) groups is 2. The number of carbonyl (C=O) groups is 1. The maximum absolute atomic E-state index is 9.75. The Morgan fingerprint density at radius 2 is 2.20 bits per heavy atom. The van der Waals surface area contributed by atoms with Crippen LogP contribution in [0.4, 0.5) is 0 Å². The fraction of sp³-hybridized carbons (Fsp3) is 0. The van der Waals surface area contributed by atoms with Crippen molar-refractivity contribution in [2.45, 2.75) is 0 Å². The molecule has 0 heterocycles. The molecule has 0 aliphatic heterocycles. The van der Waals surface area contributed by atoms with Gasteiger partial charge in [-0.1, -0.05) is 23.2 Å². The van der Waals surface area contributed by atoms with Crippen LogP contribution >= 0.6 is 23.2 Å². The topological polar surface area (TPSA) is 41.8 Å². The first-order chi connectivity index (χ1) is 4.81. The van der Waals surface area contributed by atoms with Crippen molar-refractivity contribution in [2.75, 3.05) is 0 Å². The highest BCUT2D eigenvalue weighted by Gasteiger charge is 1.80. The second-order valence-corrected chi connectivity index (χ2v) is 1.70. The molecule has 0 N–H and O–H groups in total. The van der Waals surface area contributed by atoms with Gasteiger partial charge in [-0.2, -0.15) is 0 Å². The van der Waals surface area contributed by atoms with Crippen molar-refractivity contribution < 1.29 is 4.79 Å². The van der Waals surface area contributed by atoms with Crippen LogP contribution in [0.15, 0.2) is 21.2 Å². The van der Waals surface area contributed by atoms with Gasteiger partial charge in [-0.05, 0) is 0 Å². The highest BCUT2D eigenvalue weighted by Crippen LogP contribution is 1.98. The van der Waals surface area contributed by atoms with Crippen LogP contribution in [0.2, 0.25) is 0 Å². The van der Waals surface area contributed by atoms with Gasteiger partial charge in [0.15, 0.2) is 0 Å². The van der Waals surface area contributed by atoms with Crippen molar-refractivity contribution in [1.29, 1.82) is 0 Å². The van der Waals surface area contributed by atoms with Gasteiger partial charge in [0.1, 0.15) is 17.8 Å². The second-order valence-electron chi connectivity index (χ2n) is 1.12. The molecule has 0 aliphatic carbocycles. The first kappa shape index (κ1) is 9.33. The van der Waals surface area contributed by atoms with Crippen LogP contribution in [0.1, 0.15) is 0 Å². The summed E-state index contributed by atoms with van der Waals surface area (Å²) < 4.78 is 0. The monoisotopic (exact) mass is 178 g/mol. The molecule has 0 atom stereocenters. The minimum atomic E-state index is 0.0669. The van der Waals surface area contributed by atoms with E-state index in [2.05, 4.69) is 9.98 Å². The average molecular weight is 179 g/mol. The van der Waals surface area contributed by atoms with E-state index in [-0.39, 0.29) is 5.16 Å². The van der Waals surface area contributed by atoms with Gasteiger partial charge in [-0.3, -0.25) is 4.79 Å². The first-order valence-corrected chi connectivity index (χ1v) is 3.08. The Labute approximate surface area is 68.1 Å². The lowest BCUT2D eigenvalue weighted by Crippen LogP contribution is -1.69. The van der Waals surface area contributed by atoms with Crippen LogP contribution in [0, 0.1) is 0 Å². The predicted molar refractivity (Wildman–Crippen MR) is 42.8 cm³/mol. The van der Waals surface area contributed by atoms with Gasteiger partial charge in [0.05, 0.1) is 5.67 Å². The highest BCUT2D eigenvalue weighted by atomic mass is 35.5. The normalized spacial score (nSPS) is 13.2. The summed E-state index contributed by atoms with van der Waals surface area (Å²) in [5.74, 6) is 0. The molecule has 0 saturated carbocycles. The van der Waals surface area contributed by atoms with Crippen molar-refractivity contribution in [3.8, 4) is 0 Å². The zero-order valence-corrected chi connectivity index (χ0v) is 6.38. The van der Waals surface area contributed by atoms with E-state index in [1.54, 1.807) is 0 Å². The third kappa shape index (κ3) is 5.47.